The molecule has 0 saturated carbocycles. The van der Waals surface area contributed by atoms with Gasteiger partial charge in [-0.1, -0.05) is 56.3 Å². The van der Waals surface area contributed by atoms with Gasteiger partial charge < -0.3 is 81.8 Å². The second-order valence-corrected chi connectivity index (χ2v) is 18.1. The number of carbonyl (C=O) groups excluding carboxylic acids is 8. The van der Waals surface area contributed by atoms with E-state index in [0.29, 0.717) is 16.9 Å². The van der Waals surface area contributed by atoms with E-state index in [1.54, 1.807) is 62.6 Å². The molecule has 30 heteroatoms. The van der Waals surface area contributed by atoms with Gasteiger partial charge in [0.15, 0.2) is 11.9 Å². The maximum Gasteiger partial charge on any atom is 0.490 e. The highest BCUT2D eigenvalue weighted by Crippen LogP contribution is 2.14. The molecule has 0 radical (unpaired) electrons. The van der Waals surface area contributed by atoms with Crippen LogP contribution in [0, 0.1) is 5.92 Å². The zero-order valence-corrected chi connectivity index (χ0v) is 43.0. The SMILES string of the molecule is CSCCC(NC(=O)C(Cc1ccccc1)NC(=O)CNC(=O)CNC(=O)C(N)Cc1ccc(O)cc1)C(=O)NC(CCCN=C(N)N)C(=O)NC(CCCN=C(N)N)C(=O)NC(C(N)=O)C(C)C.O=C(O)C(F)(F)F. The zero-order chi connectivity index (χ0) is 57.5. The largest absolute Gasteiger partial charge is 0.508 e. The van der Waals surface area contributed by atoms with Crippen molar-refractivity contribution in [3.05, 3.63) is 65.7 Å². The molecule has 0 aromatic heterocycles. The number of phenolic OH excluding ortho intramolecular Hbond substituents is 1. The molecule has 0 saturated heterocycles. The number of alkyl halides is 3. The Kier molecular flexibility index (Phi) is 30.1. The van der Waals surface area contributed by atoms with E-state index in [2.05, 4.69) is 47.2 Å². The molecule has 2 rings (SSSR count). The summed E-state index contributed by atoms with van der Waals surface area (Å²) < 4.78 is 31.7. The molecule has 0 spiro atoms. The van der Waals surface area contributed by atoms with E-state index in [-0.39, 0.29) is 81.6 Å². The third-order valence-electron chi connectivity index (χ3n) is 10.4. The van der Waals surface area contributed by atoms with Crippen molar-refractivity contribution in [2.24, 2.45) is 50.3 Å². The number of hydrogen-bond donors (Lipinski definition) is 15. The van der Waals surface area contributed by atoms with Gasteiger partial charge in [-0.25, -0.2) is 4.79 Å². The average molecular weight is 1100 g/mol. The van der Waals surface area contributed by atoms with E-state index in [1.807, 2.05) is 0 Å². The summed E-state index contributed by atoms with van der Waals surface area (Å²) in [6.45, 7) is 2.49. The van der Waals surface area contributed by atoms with E-state index in [9.17, 15) is 56.6 Å². The van der Waals surface area contributed by atoms with Gasteiger partial charge in [0.25, 0.3) is 0 Å². The van der Waals surface area contributed by atoms with Crippen molar-refractivity contribution in [3.8, 4) is 5.75 Å². The van der Waals surface area contributed by atoms with Crippen molar-refractivity contribution in [2.45, 2.75) is 101 Å². The van der Waals surface area contributed by atoms with Gasteiger partial charge in [0, 0.05) is 19.5 Å². The van der Waals surface area contributed by atoms with Crippen LogP contribution in [0.3, 0.4) is 0 Å². The minimum Gasteiger partial charge on any atom is -0.508 e. The monoisotopic (exact) mass is 1100 g/mol. The molecule has 0 fully saturated rings. The van der Waals surface area contributed by atoms with Gasteiger partial charge in [-0.15, -0.1) is 0 Å². The topological polar surface area (TPSA) is 459 Å². The number of nitrogens with two attached hydrogens (primary N) is 6. The number of nitrogens with one attached hydrogen (secondary N) is 7. The van der Waals surface area contributed by atoms with Gasteiger partial charge in [0.1, 0.15) is 36.0 Å². The first kappa shape index (κ1) is 66.1. The van der Waals surface area contributed by atoms with E-state index in [1.165, 1.54) is 23.9 Å². The number of nitrogens with zero attached hydrogens (tertiary/aromatic N) is 2. The molecule has 422 valence electrons. The lowest BCUT2D eigenvalue weighted by Crippen LogP contribution is -2.59. The van der Waals surface area contributed by atoms with Gasteiger partial charge in [0.2, 0.25) is 47.3 Å². The number of amides is 8. The molecule has 2 aromatic rings. The molecule has 2 aromatic carbocycles. The lowest BCUT2D eigenvalue weighted by Gasteiger charge is -2.27. The number of aromatic hydroxyl groups is 1. The summed E-state index contributed by atoms with van der Waals surface area (Å²) in [5.74, 6) is -8.97. The number of aliphatic imine (C=N–C) groups is 2. The minimum atomic E-state index is -5.08. The summed E-state index contributed by atoms with van der Waals surface area (Å²) in [4.78, 5) is 123. The number of carboxylic acids is 1. The molecule has 0 bridgehead atoms. The summed E-state index contributed by atoms with van der Waals surface area (Å²) in [5.41, 5.74) is 34.7. The molecular formula is C46H70F3N15O11S. The molecule has 0 aliphatic heterocycles. The Morgan fingerprint density at radius 1 is 0.605 bits per heavy atom. The fourth-order valence-corrected chi connectivity index (χ4v) is 6.98. The Balaban J connectivity index is 0.00000383. The van der Waals surface area contributed by atoms with E-state index >= 15 is 0 Å². The lowest BCUT2D eigenvalue weighted by molar-refractivity contribution is -0.192. The minimum absolute atomic E-state index is 0.0193. The average Bonchev–Trinajstić information content (AvgIpc) is 3.34. The third kappa shape index (κ3) is 28.0. The Morgan fingerprint density at radius 2 is 1.05 bits per heavy atom. The summed E-state index contributed by atoms with van der Waals surface area (Å²) in [6, 6.07) is 7.75. The van der Waals surface area contributed by atoms with Gasteiger partial charge in [-0.3, -0.25) is 48.3 Å². The highest BCUT2D eigenvalue weighted by molar-refractivity contribution is 7.98. The van der Waals surface area contributed by atoms with E-state index in [0.717, 1.165) is 0 Å². The fourth-order valence-electron chi connectivity index (χ4n) is 6.51. The summed E-state index contributed by atoms with van der Waals surface area (Å²) >= 11 is 1.39. The standard InChI is InChI=1S/C44H69N15O9S.C2HF3O2/c1-25(2)36(37(46)63)59-41(67)31(12-8-19-52-44(49)50)57-39(65)30(11-7-18-51-43(47)48)56-40(66)32(17-20-69-3)58-42(68)33(22-26-9-5-4-6-10-26)55-35(62)24-53-34(61)23-54-38(64)29(45)21-27-13-15-28(60)16-14-27;3-2(4,5)1(6)7/h4-6,9-10,13-16,25,29-33,36,60H,7-8,11-12,17-24,45H2,1-3H3,(H2,46,63)(H,53,61)(H,54,64)(H,55,62)(H,56,66)(H,57,65)(H,58,68)(H,59,67)(H4,47,48,51)(H4,49,50,52);(H,6,7). The maximum atomic E-state index is 14.1. The van der Waals surface area contributed by atoms with Crippen LogP contribution in [0.5, 0.6) is 5.75 Å². The highest BCUT2D eigenvalue weighted by Gasteiger charge is 2.38. The second kappa shape index (κ2) is 34.6. The number of primary amides is 1. The number of halogens is 3. The molecule has 0 heterocycles. The van der Waals surface area contributed by atoms with Crippen LogP contribution < -0.4 is 71.6 Å². The fraction of sp³-hybridized carbons (Fsp3) is 0.500. The van der Waals surface area contributed by atoms with Crippen LogP contribution in [-0.2, 0) is 56.0 Å². The summed E-state index contributed by atoms with van der Waals surface area (Å²) in [5, 5.41) is 34.7. The molecule has 6 unspecified atom stereocenters. The van der Waals surface area contributed by atoms with Crippen molar-refractivity contribution in [1.29, 1.82) is 0 Å². The van der Waals surface area contributed by atoms with Crippen molar-refractivity contribution < 1.29 is 66.5 Å². The summed E-state index contributed by atoms with van der Waals surface area (Å²) in [6.07, 6.45) is -2.66. The van der Waals surface area contributed by atoms with Crippen LogP contribution in [0.25, 0.3) is 0 Å². The molecule has 26 nitrogen and oxygen atoms in total. The molecule has 0 aliphatic carbocycles. The first-order valence-corrected chi connectivity index (χ1v) is 24.9. The zero-order valence-electron chi connectivity index (χ0n) is 42.2. The third-order valence-corrected chi connectivity index (χ3v) is 11.1. The van der Waals surface area contributed by atoms with Crippen LogP contribution in [0.15, 0.2) is 64.6 Å². The second-order valence-electron chi connectivity index (χ2n) is 17.1. The highest BCUT2D eigenvalue weighted by atomic mass is 32.2. The van der Waals surface area contributed by atoms with Crippen molar-refractivity contribution in [1.82, 2.24) is 37.2 Å². The van der Waals surface area contributed by atoms with Crippen LogP contribution in [-0.4, -0.2) is 156 Å². The van der Waals surface area contributed by atoms with Gasteiger partial charge >= 0.3 is 12.1 Å². The Morgan fingerprint density at radius 3 is 1.50 bits per heavy atom. The molecule has 6 atom stereocenters. The van der Waals surface area contributed by atoms with Crippen LogP contribution >= 0.6 is 11.8 Å². The Bertz CT molecular complexity index is 2290. The van der Waals surface area contributed by atoms with Crippen molar-refractivity contribution in [3.63, 3.8) is 0 Å². The number of phenols is 1. The number of rotatable bonds is 31. The predicted octanol–water partition coefficient (Wildman–Crippen LogP) is -3.20. The van der Waals surface area contributed by atoms with Gasteiger partial charge in [-0.05, 0) is 79.7 Å². The number of guanidine groups is 2. The van der Waals surface area contributed by atoms with Crippen LogP contribution in [0.2, 0.25) is 0 Å². The maximum absolute atomic E-state index is 14.1. The lowest BCUT2D eigenvalue weighted by atomic mass is 10.0. The summed E-state index contributed by atoms with van der Waals surface area (Å²) in [7, 11) is 0. The molecular weight excluding hydrogens is 1030 g/mol. The number of hydrogen-bond acceptors (Lipinski definition) is 14. The Labute approximate surface area is 440 Å². The van der Waals surface area contributed by atoms with E-state index < -0.39 is 109 Å². The quantitative estimate of drug-likeness (QED) is 0.0201. The smallest absolute Gasteiger partial charge is 0.490 e. The van der Waals surface area contributed by atoms with Crippen LogP contribution in [0.4, 0.5) is 13.2 Å². The normalized spacial score (nSPS) is 13.2. The van der Waals surface area contributed by atoms with Crippen molar-refractivity contribution >= 4 is 76.9 Å². The number of thioether (sulfide) groups is 1. The molecule has 0 aliphatic rings. The Hall–Kier alpha value is -7.89. The van der Waals surface area contributed by atoms with E-state index in [4.69, 9.17) is 44.3 Å². The number of carboxylic acid groups (broad SMARTS) is 1. The first-order chi connectivity index (χ1) is 35.6. The molecule has 8 amide bonds. The molecule has 21 N–H and O–H groups in total. The van der Waals surface area contributed by atoms with Gasteiger partial charge in [0.05, 0.1) is 19.1 Å². The van der Waals surface area contributed by atoms with Gasteiger partial charge in [-0.2, -0.15) is 24.9 Å². The first-order valence-electron chi connectivity index (χ1n) is 23.5. The number of aliphatic carboxylic acids is 1. The predicted molar refractivity (Wildman–Crippen MR) is 276 cm³/mol. The van der Waals surface area contributed by atoms with Crippen LogP contribution in [0.1, 0.15) is 57.1 Å². The number of benzene rings is 2. The molecule has 76 heavy (non-hydrogen) atoms. The van der Waals surface area contributed by atoms with Crippen molar-refractivity contribution in [2.75, 3.05) is 38.2 Å². The number of carbonyl (C=O) groups is 9.